The minimum absolute atomic E-state index is 0.168. The minimum Gasteiger partial charge on any atom is -0.381 e. The monoisotopic (exact) mass is 217 g/mol. The van der Waals surface area contributed by atoms with E-state index in [1.807, 2.05) is 0 Å². The van der Waals surface area contributed by atoms with E-state index in [2.05, 4.69) is 0 Å². The lowest BCUT2D eigenvalue weighted by molar-refractivity contribution is -0.126. The van der Waals surface area contributed by atoms with Crippen molar-refractivity contribution < 1.29 is 9.53 Å². The molecule has 1 amide bonds. The van der Waals surface area contributed by atoms with E-state index >= 15 is 0 Å². The van der Waals surface area contributed by atoms with E-state index in [0.717, 1.165) is 30.4 Å². The summed E-state index contributed by atoms with van der Waals surface area (Å²) in [7, 11) is 0. The van der Waals surface area contributed by atoms with E-state index < -0.39 is 0 Å². The summed E-state index contributed by atoms with van der Waals surface area (Å²) in [5, 5.41) is 0. The average Bonchev–Trinajstić information content (AvgIpc) is 2.48. The summed E-state index contributed by atoms with van der Waals surface area (Å²) in [5.41, 5.74) is 0. The molecule has 0 bridgehead atoms. The number of hydrogen-bond acceptors (Lipinski definition) is 4. The van der Waals surface area contributed by atoms with Crippen LogP contribution in [0.5, 0.6) is 0 Å². The molecule has 0 aromatic heterocycles. The third kappa shape index (κ3) is 1.87. The number of carbonyl (C=O) groups excluding carboxylic acids is 1. The van der Waals surface area contributed by atoms with Gasteiger partial charge in [0.1, 0.15) is 4.32 Å². The maximum atomic E-state index is 11.5. The maximum Gasteiger partial charge on any atom is 0.238 e. The van der Waals surface area contributed by atoms with Crippen molar-refractivity contribution in [2.24, 2.45) is 0 Å². The highest BCUT2D eigenvalue weighted by Gasteiger charge is 2.33. The Morgan fingerprint density at radius 2 is 2.15 bits per heavy atom. The Balaban J connectivity index is 2.05. The van der Waals surface area contributed by atoms with Gasteiger partial charge >= 0.3 is 0 Å². The van der Waals surface area contributed by atoms with Gasteiger partial charge < -0.3 is 4.74 Å². The van der Waals surface area contributed by atoms with Crippen molar-refractivity contribution in [3.8, 4) is 0 Å². The first kappa shape index (κ1) is 9.43. The first-order valence-electron chi connectivity index (χ1n) is 4.35. The van der Waals surface area contributed by atoms with E-state index in [1.54, 1.807) is 4.90 Å². The summed E-state index contributed by atoms with van der Waals surface area (Å²) >= 11 is 6.60. The molecule has 72 valence electrons. The summed E-state index contributed by atoms with van der Waals surface area (Å²) in [6.45, 7) is 1.50. The third-order valence-corrected chi connectivity index (χ3v) is 3.73. The van der Waals surface area contributed by atoms with E-state index in [0.29, 0.717) is 11.8 Å². The number of hydrogen-bond donors (Lipinski definition) is 0. The molecule has 0 radical (unpaired) electrons. The van der Waals surface area contributed by atoms with Crippen LogP contribution in [0.15, 0.2) is 0 Å². The van der Waals surface area contributed by atoms with Crippen molar-refractivity contribution in [1.82, 2.24) is 4.90 Å². The number of nitrogens with zero attached hydrogens (tertiary/aromatic N) is 1. The Labute approximate surface area is 86.8 Å². The van der Waals surface area contributed by atoms with Gasteiger partial charge in [0, 0.05) is 19.3 Å². The smallest absolute Gasteiger partial charge is 0.238 e. The van der Waals surface area contributed by atoms with Gasteiger partial charge in [-0.15, -0.1) is 0 Å². The molecule has 13 heavy (non-hydrogen) atoms. The fourth-order valence-electron chi connectivity index (χ4n) is 1.66. The molecule has 2 heterocycles. The van der Waals surface area contributed by atoms with Gasteiger partial charge in [0.25, 0.3) is 0 Å². The van der Waals surface area contributed by atoms with Crippen molar-refractivity contribution in [2.45, 2.75) is 18.9 Å². The largest absolute Gasteiger partial charge is 0.381 e. The molecule has 2 aliphatic heterocycles. The van der Waals surface area contributed by atoms with Gasteiger partial charge in [0.2, 0.25) is 5.91 Å². The highest BCUT2D eigenvalue weighted by molar-refractivity contribution is 8.23. The van der Waals surface area contributed by atoms with Gasteiger partial charge in [-0.25, -0.2) is 0 Å². The summed E-state index contributed by atoms with van der Waals surface area (Å²) in [6, 6.07) is 0.295. The average molecular weight is 217 g/mol. The Bertz CT molecular complexity index is 222. The Morgan fingerprint density at radius 3 is 2.69 bits per heavy atom. The molecule has 0 aromatic rings. The Morgan fingerprint density at radius 1 is 1.46 bits per heavy atom. The van der Waals surface area contributed by atoms with Crippen molar-refractivity contribution in [3.63, 3.8) is 0 Å². The van der Waals surface area contributed by atoms with Gasteiger partial charge in [-0.05, 0) is 12.8 Å². The van der Waals surface area contributed by atoms with Gasteiger partial charge in [0.15, 0.2) is 0 Å². The highest BCUT2D eigenvalue weighted by Crippen LogP contribution is 2.26. The second kappa shape index (κ2) is 3.94. The SMILES string of the molecule is O=C1CSC(=S)N1C1CCOCC1. The predicted molar refractivity (Wildman–Crippen MR) is 55.7 cm³/mol. The summed E-state index contributed by atoms with van der Waals surface area (Å²) in [5.74, 6) is 0.692. The summed E-state index contributed by atoms with van der Waals surface area (Å²) in [4.78, 5) is 13.2. The molecule has 0 aliphatic carbocycles. The molecular weight excluding hydrogens is 206 g/mol. The maximum absolute atomic E-state index is 11.5. The van der Waals surface area contributed by atoms with Crippen LogP contribution in [0.2, 0.25) is 0 Å². The van der Waals surface area contributed by atoms with Crippen LogP contribution < -0.4 is 0 Å². The summed E-state index contributed by atoms with van der Waals surface area (Å²) in [6.07, 6.45) is 1.85. The van der Waals surface area contributed by atoms with Crippen molar-refractivity contribution >= 4 is 34.2 Å². The van der Waals surface area contributed by atoms with Crippen LogP contribution in [0.1, 0.15) is 12.8 Å². The molecule has 0 atom stereocenters. The van der Waals surface area contributed by atoms with Crippen molar-refractivity contribution in [2.75, 3.05) is 19.0 Å². The molecule has 2 rings (SSSR count). The van der Waals surface area contributed by atoms with E-state index in [9.17, 15) is 4.79 Å². The predicted octanol–water partition coefficient (Wildman–Crippen LogP) is 1.03. The first-order valence-corrected chi connectivity index (χ1v) is 5.75. The molecule has 2 aliphatic rings. The molecule has 5 heteroatoms. The fourth-order valence-corrected chi connectivity index (χ4v) is 2.86. The normalized spacial score (nSPS) is 25.7. The number of amides is 1. The molecule has 3 nitrogen and oxygen atoms in total. The molecular formula is C8H11NO2S2. The van der Waals surface area contributed by atoms with Crippen LogP contribution in [0.3, 0.4) is 0 Å². The number of thioether (sulfide) groups is 1. The first-order chi connectivity index (χ1) is 6.29. The second-order valence-electron chi connectivity index (χ2n) is 3.16. The number of rotatable bonds is 1. The standard InChI is InChI=1S/C8H11NO2S2/c10-7-5-13-8(12)9(7)6-1-3-11-4-2-6/h6H,1-5H2. The number of ether oxygens (including phenoxy) is 1. The Kier molecular flexibility index (Phi) is 2.86. The molecule has 0 spiro atoms. The van der Waals surface area contributed by atoms with Gasteiger partial charge in [0.05, 0.1) is 5.75 Å². The number of carbonyl (C=O) groups is 1. The quantitative estimate of drug-likeness (QED) is 0.613. The zero-order valence-electron chi connectivity index (χ0n) is 7.19. The fraction of sp³-hybridized carbons (Fsp3) is 0.750. The lowest BCUT2D eigenvalue weighted by atomic mass is 10.1. The van der Waals surface area contributed by atoms with E-state index in [1.165, 1.54) is 11.8 Å². The van der Waals surface area contributed by atoms with Crippen LogP contribution in [-0.4, -0.2) is 40.1 Å². The lowest BCUT2D eigenvalue weighted by Gasteiger charge is -2.30. The third-order valence-electron chi connectivity index (χ3n) is 2.34. The Hall–Kier alpha value is -0.130. The van der Waals surface area contributed by atoms with Crippen LogP contribution in [-0.2, 0) is 9.53 Å². The van der Waals surface area contributed by atoms with Crippen molar-refractivity contribution in [3.05, 3.63) is 0 Å². The summed E-state index contributed by atoms with van der Waals surface area (Å²) < 4.78 is 5.99. The van der Waals surface area contributed by atoms with E-state index in [4.69, 9.17) is 17.0 Å². The molecule has 2 fully saturated rings. The van der Waals surface area contributed by atoms with E-state index in [-0.39, 0.29) is 5.91 Å². The molecule has 0 N–H and O–H groups in total. The molecule has 2 saturated heterocycles. The van der Waals surface area contributed by atoms with Crippen LogP contribution >= 0.6 is 24.0 Å². The van der Waals surface area contributed by atoms with Crippen LogP contribution in [0.4, 0.5) is 0 Å². The molecule has 0 aromatic carbocycles. The topological polar surface area (TPSA) is 29.5 Å². The zero-order chi connectivity index (χ0) is 9.26. The van der Waals surface area contributed by atoms with Gasteiger partial charge in [-0.1, -0.05) is 24.0 Å². The lowest BCUT2D eigenvalue weighted by Crippen LogP contribution is -2.42. The minimum atomic E-state index is 0.168. The van der Waals surface area contributed by atoms with Gasteiger partial charge in [-0.2, -0.15) is 0 Å². The number of thiocarbonyl (C=S) groups is 1. The van der Waals surface area contributed by atoms with Crippen LogP contribution in [0, 0.1) is 0 Å². The van der Waals surface area contributed by atoms with Gasteiger partial charge in [-0.3, -0.25) is 9.69 Å². The highest BCUT2D eigenvalue weighted by atomic mass is 32.2. The molecule has 0 unspecified atom stereocenters. The molecule has 0 saturated carbocycles. The van der Waals surface area contributed by atoms with Crippen LogP contribution in [0.25, 0.3) is 0 Å². The zero-order valence-corrected chi connectivity index (χ0v) is 8.83. The van der Waals surface area contributed by atoms with Crippen molar-refractivity contribution in [1.29, 1.82) is 0 Å². The second-order valence-corrected chi connectivity index (χ2v) is 4.77.